The normalized spacial score (nSPS) is 17.0. The number of ether oxygens (including phenoxy) is 4. The Morgan fingerprint density at radius 3 is 2.39 bits per heavy atom. The highest BCUT2D eigenvalue weighted by Gasteiger charge is 2.45. The zero-order valence-electron chi connectivity index (χ0n) is 24.8. The number of nitrogens with zero attached hydrogens (tertiary/aromatic N) is 1. The van der Waals surface area contributed by atoms with Gasteiger partial charge in [0, 0.05) is 0 Å². The van der Waals surface area contributed by atoms with Crippen molar-refractivity contribution in [3.8, 4) is 0 Å². The molecule has 1 heterocycles. The monoisotopic (exact) mass is 563 g/mol. The van der Waals surface area contributed by atoms with E-state index < -0.39 is 23.3 Å². The van der Waals surface area contributed by atoms with Gasteiger partial charge in [-0.3, -0.25) is 4.90 Å². The standard InChI is InChI=1S/C33H41NO7/c1-32(2,3)41-31(37)34-27(23-40-33(34,4)5)19-12-8-9-14-24-17-13-18-26(20-24)21-28(29(35)38-6)30(36)39-22-25-15-10-7-11-16-25/h7-11,13,15-18,20-21,27H,12,14,19,22-23H2,1-6H3/b9-8+,28-21-/t27-/m0/s1. The van der Waals surface area contributed by atoms with Crippen molar-refractivity contribution in [2.45, 2.75) is 77.9 Å². The zero-order valence-corrected chi connectivity index (χ0v) is 24.8. The lowest BCUT2D eigenvalue weighted by Gasteiger charge is -2.35. The minimum atomic E-state index is -0.757. The molecule has 0 spiro atoms. The van der Waals surface area contributed by atoms with E-state index in [-0.39, 0.29) is 24.3 Å². The zero-order chi connectivity index (χ0) is 30.0. The van der Waals surface area contributed by atoms with Gasteiger partial charge in [0.1, 0.15) is 23.5 Å². The maximum atomic E-state index is 12.8. The summed E-state index contributed by atoms with van der Waals surface area (Å²) in [6.45, 7) is 9.83. The molecule has 2 aromatic carbocycles. The third-order valence-corrected chi connectivity index (χ3v) is 6.45. The van der Waals surface area contributed by atoms with Crippen LogP contribution in [-0.2, 0) is 41.6 Å². The predicted octanol–water partition coefficient (Wildman–Crippen LogP) is 6.24. The second kappa shape index (κ2) is 14.1. The number of methoxy groups -OCH3 is 1. The van der Waals surface area contributed by atoms with Crippen LogP contribution in [0.4, 0.5) is 4.79 Å². The summed E-state index contributed by atoms with van der Waals surface area (Å²) in [5, 5.41) is 0. The second-order valence-electron chi connectivity index (χ2n) is 11.4. The first-order chi connectivity index (χ1) is 19.4. The Morgan fingerprint density at radius 2 is 1.71 bits per heavy atom. The molecule has 0 radical (unpaired) electrons. The number of amides is 1. The van der Waals surface area contributed by atoms with Gasteiger partial charge >= 0.3 is 18.0 Å². The van der Waals surface area contributed by atoms with Crippen molar-refractivity contribution in [3.63, 3.8) is 0 Å². The number of carbonyl (C=O) groups excluding carboxylic acids is 3. The molecule has 1 saturated heterocycles. The Kier molecular flexibility index (Phi) is 10.9. The van der Waals surface area contributed by atoms with Crippen LogP contribution in [0, 0.1) is 0 Å². The second-order valence-corrected chi connectivity index (χ2v) is 11.4. The Bertz CT molecular complexity index is 1260. The van der Waals surface area contributed by atoms with Gasteiger partial charge in [0.15, 0.2) is 0 Å². The van der Waals surface area contributed by atoms with Crippen LogP contribution in [0.5, 0.6) is 0 Å². The first-order valence-electron chi connectivity index (χ1n) is 13.8. The van der Waals surface area contributed by atoms with Gasteiger partial charge < -0.3 is 18.9 Å². The van der Waals surface area contributed by atoms with E-state index in [0.29, 0.717) is 18.6 Å². The first kappa shape index (κ1) is 31.6. The quantitative estimate of drug-likeness (QED) is 0.0844. The van der Waals surface area contributed by atoms with E-state index in [1.54, 1.807) is 4.90 Å². The lowest BCUT2D eigenvalue weighted by Crippen LogP contribution is -2.49. The van der Waals surface area contributed by atoms with Crippen LogP contribution < -0.4 is 0 Å². The van der Waals surface area contributed by atoms with Gasteiger partial charge in [-0.05, 0) is 76.6 Å². The summed E-state index contributed by atoms with van der Waals surface area (Å²) in [5.74, 6) is -1.50. The van der Waals surface area contributed by atoms with Crippen LogP contribution in [0.1, 0.15) is 64.2 Å². The SMILES string of the molecule is COC(=O)/C(=C/c1cccc(C/C=C/CC[C@H]2COC(C)(C)N2C(=O)OC(C)(C)C)c1)C(=O)OCc1ccccc1. The van der Waals surface area contributed by atoms with Crippen LogP contribution in [0.15, 0.2) is 72.3 Å². The molecule has 0 bridgehead atoms. The molecular formula is C33H41NO7. The van der Waals surface area contributed by atoms with Crippen LogP contribution in [-0.4, -0.2) is 54.0 Å². The summed E-state index contributed by atoms with van der Waals surface area (Å²) in [7, 11) is 1.23. The predicted molar refractivity (Wildman–Crippen MR) is 157 cm³/mol. The van der Waals surface area contributed by atoms with Gasteiger partial charge in [0.25, 0.3) is 0 Å². The van der Waals surface area contributed by atoms with Gasteiger partial charge in [0.05, 0.1) is 19.8 Å². The van der Waals surface area contributed by atoms with Crippen LogP contribution in [0.2, 0.25) is 0 Å². The lowest BCUT2D eigenvalue weighted by molar-refractivity contribution is -0.146. The van der Waals surface area contributed by atoms with E-state index in [2.05, 4.69) is 12.2 Å². The Morgan fingerprint density at radius 1 is 1.00 bits per heavy atom. The number of allylic oxidation sites excluding steroid dienone is 2. The molecule has 1 aliphatic heterocycles. The molecule has 220 valence electrons. The number of rotatable bonds is 10. The molecule has 8 heteroatoms. The maximum Gasteiger partial charge on any atom is 0.412 e. The maximum absolute atomic E-state index is 12.8. The van der Waals surface area contributed by atoms with Crippen molar-refractivity contribution in [1.29, 1.82) is 0 Å². The fourth-order valence-corrected chi connectivity index (χ4v) is 4.49. The molecule has 1 fully saturated rings. The van der Waals surface area contributed by atoms with Crippen molar-refractivity contribution in [2.24, 2.45) is 0 Å². The van der Waals surface area contributed by atoms with Crippen molar-refractivity contribution >= 4 is 24.1 Å². The summed E-state index contributed by atoms with van der Waals surface area (Å²) in [6, 6.07) is 16.8. The van der Waals surface area contributed by atoms with Crippen molar-refractivity contribution in [1.82, 2.24) is 4.90 Å². The number of carbonyl (C=O) groups is 3. The third kappa shape index (κ3) is 9.60. The molecule has 0 unspecified atom stereocenters. The average molecular weight is 564 g/mol. The van der Waals surface area contributed by atoms with Gasteiger partial charge in [-0.25, -0.2) is 14.4 Å². The fourth-order valence-electron chi connectivity index (χ4n) is 4.49. The van der Waals surface area contributed by atoms with E-state index in [1.807, 2.05) is 89.2 Å². The van der Waals surface area contributed by atoms with Crippen LogP contribution in [0.3, 0.4) is 0 Å². The molecule has 0 aliphatic carbocycles. The highest BCUT2D eigenvalue weighted by molar-refractivity contribution is 6.17. The molecule has 1 aliphatic rings. The van der Waals surface area contributed by atoms with E-state index in [0.717, 1.165) is 24.0 Å². The largest absolute Gasteiger partial charge is 0.465 e. The molecule has 3 rings (SSSR count). The highest BCUT2D eigenvalue weighted by atomic mass is 16.6. The van der Waals surface area contributed by atoms with E-state index in [1.165, 1.54) is 13.2 Å². The minimum absolute atomic E-state index is 0.0544. The summed E-state index contributed by atoms with van der Waals surface area (Å²) < 4.78 is 21.7. The first-order valence-corrected chi connectivity index (χ1v) is 13.8. The molecular weight excluding hydrogens is 522 g/mol. The molecule has 1 atom stereocenters. The summed E-state index contributed by atoms with van der Waals surface area (Å²) in [5.41, 5.74) is 1.04. The number of hydrogen-bond donors (Lipinski definition) is 0. The lowest BCUT2D eigenvalue weighted by atomic mass is 10.0. The van der Waals surface area contributed by atoms with Gasteiger partial charge in [-0.15, -0.1) is 0 Å². The molecule has 0 aromatic heterocycles. The highest BCUT2D eigenvalue weighted by Crippen LogP contribution is 2.31. The Hall–Kier alpha value is -3.91. The molecule has 1 amide bonds. The molecule has 0 saturated carbocycles. The van der Waals surface area contributed by atoms with Gasteiger partial charge in [0.2, 0.25) is 0 Å². The van der Waals surface area contributed by atoms with Crippen LogP contribution >= 0.6 is 0 Å². The van der Waals surface area contributed by atoms with Crippen molar-refractivity contribution < 1.29 is 33.3 Å². The molecule has 8 nitrogen and oxygen atoms in total. The number of esters is 2. The molecule has 0 N–H and O–H groups in total. The summed E-state index contributed by atoms with van der Waals surface area (Å²) in [6.07, 6.45) is 7.45. The number of hydrogen-bond acceptors (Lipinski definition) is 7. The van der Waals surface area contributed by atoms with E-state index in [9.17, 15) is 14.4 Å². The minimum Gasteiger partial charge on any atom is -0.465 e. The van der Waals surface area contributed by atoms with Crippen molar-refractivity contribution in [3.05, 3.63) is 89.0 Å². The fraction of sp³-hybridized carbons (Fsp3) is 0.424. The number of benzene rings is 2. The average Bonchev–Trinajstić information content (AvgIpc) is 3.23. The van der Waals surface area contributed by atoms with Gasteiger partial charge in [-0.1, -0.05) is 66.7 Å². The Labute approximate surface area is 242 Å². The van der Waals surface area contributed by atoms with Crippen LogP contribution in [0.25, 0.3) is 6.08 Å². The molecule has 41 heavy (non-hydrogen) atoms. The Balaban J connectivity index is 1.59. The van der Waals surface area contributed by atoms with E-state index in [4.69, 9.17) is 18.9 Å². The van der Waals surface area contributed by atoms with Gasteiger partial charge in [-0.2, -0.15) is 0 Å². The van der Waals surface area contributed by atoms with E-state index >= 15 is 0 Å². The van der Waals surface area contributed by atoms with Crippen molar-refractivity contribution in [2.75, 3.05) is 13.7 Å². The molecule has 2 aromatic rings. The smallest absolute Gasteiger partial charge is 0.412 e. The topological polar surface area (TPSA) is 91.4 Å². The summed E-state index contributed by atoms with van der Waals surface area (Å²) in [4.78, 5) is 39.5. The third-order valence-electron chi connectivity index (χ3n) is 6.45. The summed E-state index contributed by atoms with van der Waals surface area (Å²) >= 11 is 0.